The van der Waals surface area contributed by atoms with Gasteiger partial charge in [-0.3, -0.25) is 4.79 Å². The molecule has 19 heavy (non-hydrogen) atoms. The zero-order chi connectivity index (χ0) is 14.0. The van der Waals surface area contributed by atoms with Gasteiger partial charge in [0, 0.05) is 34.7 Å². The van der Waals surface area contributed by atoms with Crippen LogP contribution in [0.4, 0.5) is 5.69 Å². The maximum Gasteiger partial charge on any atom is 0.220 e. The third-order valence-electron chi connectivity index (χ3n) is 3.68. The molecule has 0 spiro atoms. The second-order valence-corrected chi connectivity index (χ2v) is 5.96. The summed E-state index contributed by atoms with van der Waals surface area (Å²) in [5.74, 6) is -0.219. The van der Waals surface area contributed by atoms with Crippen molar-refractivity contribution in [3.8, 4) is 0 Å². The minimum atomic E-state index is -0.503. The molecule has 104 valence electrons. The Morgan fingerprint density at radius 2 is 2.11 bits per heavy atom. The van der Waals surface area contributed by atoms with E-state index in [9.17, 15) is 9.90 Å². The fourth-order valence-electron chi connectivity index (χ4n) is 2.55. The summed E-state index contributed by atoms with van der Waals surface area (Å²) in [7, 11) is 0. The fourth-order valence-corrected chi connectivity index (χ4v) is 2.90. The highest BCUT2D eigenvalue weighted by Gasteiger charge is 2.25. The quantitative estimate of drug-likeness (QED) is 0.894. The Morgan fingerprint density at radius 1 is 1.47 bits per heavy atom. The molecule has 1 saturated heterocycles. The SMILES string of the molecule is CC(O)c1ccc(Br)cc1N1CCC(C(N)=O)CC1. The number of benzene rings is 1. The zero-order valence-corrected chi connectivity index (χ0v) is 12.6. The van der Waals surface area contributed by atoms with Crippen molar-refractivity contribution in [1.82, 2.24) is 0 Å². The van der Waals surface area contributed by atoms with Gasteiger partial charge in [0.05, 0.1) is 6.10 Å². The van der Waals surface area contributed by atoms with Gasteiger partial charge in [-0.15, -0.1) is 0 Å². The molecule has 2 rings (SSSR count). The van der Waals surface area contributed by atoms with Crippen LogP contribution in [-0.4, -0.2) is 24.1 Å². The molecule has 1 aliphatic heterocycles. The van der Waals surface area contributed by atoms with E-state index in [1.807, 2.05) is 18.2 Å². The molecule has 3 N–H and O–H groups in total. The van der Waals surface area contributed by atoms with E-state index in [2.05, 4.69) is 20.8 Å². The van der Waals surface area contributed by atoms with E-state index in [4.69, 9.17) is 5.73 Å². The summed E-state index contributed by atoms with van der Waals surface area (Å²) >= 11 is 3.46. The molecule has 1 aromatic carbocycles. The number of piperidine rings is 1. The summed E-state index contributed by atoms with van der Waals surface area (Å²) in [6.45, 7) is 3.36. The number of anilines is 1. The molecular weight excluding hydrogens is 308 g/mol. The highest BCUT2D eigenvalue weighted by molar-refractivity contribution is 9.10. The predicted octanol–water partition coefficient (Wildman–Crippen LogP) is 2.20. The predicted molar refractivity (Wildman–Crippen MR) is 78.9 cm³/mol. The summed E-state index contributed by atoms with van der Waals surface area (Å²) in [5.41, 5.74) is 7.30. The van der Waals surface area contributed by atoms with E-state index < -0.39 is 6.10 Å². The first-order valence-corrected chi connectivity index (χ1v) is 7.30. The normalized spacial score (nSPS) is 18.4. The minimum absolute atomic E-state index is 0.0154. The Kier molecular flexibility index (Phi) is 4.47. The van der Waals surface area contributed by atoms with Crippen LogP contribution < -0.4 is 10.6 Å². The molecule has 1 heterocycles. The van der Waals surface area contributed by atoms with Crippen molar-refractivity contribution in [2.24, 2.45) is 11.7 Å². The molecule has 5 heteroatoms. The average Bonchev–Trinajstić information content (AvgIpc) is 2.38. The van der Waals surface area contributed by atoms with Gasteiger partial charge in [0.1, 0.15) is 0 Å². The van der Waals surface area contributed by atoms with Crippen molar-refractivity contribution >= 4 is 27.5 Å². The van der Waals surface area contributed by atoms with Crippen LogP contribution in [0.25, 0.3) is 0 Å². The molecule has 1 fully saturated rings. The van der Waals surface area contributed by atoms with Crippen LogP contribution in [0.2, 0.25) is 0 Å². The monoisotopic (exact) mass is 326 g/mol. The van der Waals surface area contributed by atoms with Gasteiger partial charge < -0.3 is 15.7 Å². The Morgan fingerprint density at radius 3 is 2.63 bits per heavy atom. The van der Waals surface area contributed by atoms with Crippen molar-refractivity contribution in [3.05, 3.63) is 28.2 Å². The first-order chi connectivity index (χ1) is 8.99. The summed E-state index contributed by atoms with van der Waals surface area (Å²) < 4.78 is 0.990. The van der Waals surface area contributed by atoms with Gasteiger partial charge >= 0.3 is 0 Å². The lowest BCUT2D eigenvalue weighted by atomic mass is 9.95. The largest absolute Gasteiger partial charge is 0.389 e. The Bertz CT molecular complexity index is 469. The van der Waals surface area contributed by atoms with Crippen molar-refractivity contribution in [1.29, 1.82) is 0 Å². The van der Waals surface area contributed by atoms with Crippen LogP contribution in [0.15, 0.2) is 22.7 Å². The molecular formula is C14H19BrN2O2. The lowest BCUT2D eigenvalue weighted by Gasteiger charge is -2.34. The maximum atomic E-state index is 11.2. The summed E-state index contributed by atoms with van der Waals surface area (Å²) in [4.78, 5) is 13.4. The number of hydrogen-bond donors (Lipinski definition) is 2. The number of nitrogens with zero attached hydrogens (tertiary/aromatic N) is 1. The molecule has 1 atom stereocenters. The zero-order valence-electron chi connectivity index (χ0n) is 11.0. The topological polar surface area (TPSA) is 66.6 Å². The first kappa shape index (κ1) is 14.3. The third kappa shape index (κ3) is 3.28. The molecule has 1 aliphatic rings. The third-order valence-corrected chi connectivity index (χ3v) is 4.17. The van der Waals surface area contributed by atoms with Crippen molar-refractivity contribution < 1.29 is 9.90 Å². The minimum Gasteiger partial charge on any atom is -0.389 e. The van der Waals surface area contributed by atoms with Crippen LogP contribution in [0, 0.1) is 5.92 Å². The smallest absolute Gasteiger partial charge is 0.220 e. The second kappa shape index (κ2) is 5.92. The highest BCUT2D eigenvalue weighted by Crippen LogP contribution is 2.32. The number of halogens is 1. The van der Waals surface area contributed by atoms with Gasteiger partial charge in [-0.25, -0.2) is 0 Å². The Hall–Kier alpha value is -1.07. The van der Waals surface area contributed by atoms with Gasteiger partial charge in [-0.05, 0) is 31.9 Å². The number of aliphatic hydroxyl groups excluding tert-OH is 1. The number of amides is 1. The summed E-state index contributed by atoms with van der Waals surface area (Å²) in [5, 5.41) is 9.85. The average molecular weight is 327 g/mol. The van der Waals surface area contributed by atoms with Crippen LogP contribution in [0.1, 0.15) is 31.4 Å². The molecule has 0 bridgehead atoms. The van der Waals surface area contributed by atoms with Crippen molar-refractivity contribution in [2.75, 3.05) is 18.0 Å². The number of carbonyl (C=O) groups is 1. The van der Waals surface area contributed by atoms with Crippen molar-refractivity contribution in [2.45, 2.75) is 25.9 Å². The van der Waals surface area contributed by atoms with Crippen LogP contribution in [0.5, 0.6) is 0 Å². The molecule has 1 amide bonds. The van der Waals surface area contributed by atoms with Gasteiger partial charge in [-0.1, -0.05) is 22.0 Å². The standard InChI is InChI=1S/C14H19BrN2O2/c1-9(18)12-3-2-11(15)8-13(12)17-6-4-10(5-7-17)14(16)19/h2-3,8-10,18H,4-7H2,1H3,(H2,16,19). The van der Waals surface area contributed by atoms with Crippen LogP contribution in [0.3, 0.4) is 0 Å². The van der Waals surface area contributed by atoms with E-state index in [1.54, 1.807) is 6.92 Å². The van der Waals surface area contributed by atoms with Crippen molar-refractivity contribution in [3.63, 3.8) is 0 Å². The number of nitrogens with two attached hydrogens (primary N) is 1. The Balaban J connectivity index is 2.19. The Labute approximate surface area is 121 Å². The van der Waals surface area contributed by atoms with E-state index in [0.717, 1.165) is 41.7 Å². The molecule has 0 saturated carbocycles. The number of rotatable bonds is 3. The second-order valence-electron chi connectivity index (χ2n) is 5.04. The summed E-state index contributed by atoms with van der Waals surface area (Å²) in [6.07, 6.45) is 1.05. The highest BCUT2D eigenvalue weighted by atomic mass is 79.9. The van der Waals surface area contributed by atoms with E-state index in [0.29, 0.717) is 0 Å². The molecule has 0 aliphatic carbocycles. The number of primary amides is 1. The lowest BCUT2D eigenvalue weighted by molar-refractivity contribution is -0.122. The van der Waals surface area contributed by atoms with E-state index in [1.165, 1.54) is 0 Å². The van der Waals surface area contributed by atoms with Gasteiger partial charge in [0.15, 0.2) is 0 Å². The van der Waals surface area contributed by atoms with Gasteiger partial charge in [0.25, 0.3) is 0 Å². The van der Waals surface area contributed by atoms with Crippen LogP contribution in [-0.2, 0) is 4.79 Å². The van der Waals surface area contributed by atoms with Gasteiger partial charge in [0.2, 0.25) is 5.91 Å². The first-order valence-electron chi connectivity index (χ1n) is 6.51. The fraction of sp³-hybridized carbons (Fsp3) is 0.500. The molecule has 0 aromatic heterocycles. The van der Waals surface area contributed by atoms with Crippen LogP contribution >= 0.6 is 15.9 Å². The number of aliphatic hydroxyl groups is 1. The summed E-state index contributed by atoms with van der Waals surface area (Å²) in [6, 6.07) is 5.89. The molecule has 1 aromatic rings. The molecule has 0 radical (unpaired) electrons. The maximum absolute atomic E-state index is 11.2. The van der Waals surface area contributed by atoms with E-state index in [-0.39, 0.29) is 11.8 Å². The molecule has 1 unspecified atom stereocenters. The van der Waals surface area contributed by atoms with Gasteiger partial charge in [-0.2, -0.15) is 0 Å². The van der Waals surface area contributed by atoms with E-state index >= 15 is 0 Å². The number of hydrogen-bond acceptors (Lipinski definition) is 3. The lowest BCUT2D eigenvalue weighted by Crippen LogP contribution is -2.39. The molecule has 4 nitrogen and oxygen atoms in total. The number of carbonyl (C=O) groups excluding carboxylic acids is 1.